The fraction of sp³-hybridized carbons (Fsp3) is 0.176. The topological polar surface area (TPSA) is 20.2 Å². The Labute approximate surface area is 108 Å². The van der Waals surface area contributed by atoms with Gasteiger partial charge in [-0.1, -0.05) is 68.5 Å². The van der Waals surface area contributed by atoms with Crippen molar-refractivity contribution in [3.05, 3.63) is 65.2 Å². The quantitative estimate of drug-likeness (QED) is 0.769. The van der Waals surface area contributed by atoms with Crippen molar-refractivity contribution in [2.45, 2.75) is 19.8 Å². The van der Waals surface area contributed by atoms with E-state index in [0.29, 0.717) is 11.7 Å². The molecule has 0 radical (unpaired) electrons. The third-order valence-corrected chi connectivity index (χ3v) is 2.94. The molecule has 2 aromatic rings. The van der Waals surface area contributed by atoms with Crippen molar-refractivity contribution in [1.29, 1.82) is 0 Å². The second-order valence-corrected chi connectivity index (χ2v) is 4.72. The van der Waals surface area contributed by atoms with Crippen molar-refractivity contribution in [2.75, 3.05) is 0 Å². The Bertz CT molecular complexity index is 539. The van der Waals surface area contributed by atoms with Crippen LogP contribution < -0.4 is 0 Å². The van der Waals surface area contributed by atoms with Crippen molar-refractivity contribution in [1.82, 2.24) is 0 Å². The molecule has 18 heavy (non-hydrogen) atoms. The first-order chi connectivity index (χ1) is 8.66. The molecular formula is C17H18O. The molecule has 2 rings (SSSR count). The van der Waals surface area contributed by atoms with Gasteiger partial charge in [0, 0.05) is 0 Å². The summed E-state index contributed by atoms with van der Waals surface area (Å²) in [6.45, 7) is 4.16. The number of hydrogen-bond acceptors (Lipinski definition) is 1. The summed E-state index contributed by atoms with van der Waals surface area (Å²) in [6, 6.07) is 16.0. The highest BCUT2D eigenvalue weighted by molar-refractivity contribution is 5.70. The van der Waals surface area contributed by atoms with Crippen LogP contribution in [0.2, 0.25) is 0 Å². The average molecular weight is 238 g/mol. The van der Waals surface area contributed by atoms with Gasteiger partial charge in [0.2, 0.25) is 0 Å². The third-order valence-electron chi connectivity index (χ3n) is 2.94. The van der Waals surface area contributed by atoms with E-state index >= 15 is 0 Å². The van der Waals surface area contributed by atoms with Crippen molar-refractivity contribution in [2.24, 2.45) is 0 Å². The molecule has 0 unspecified atom stereocenters. The minimum absolute atomic E-state index is 0.345. The van der Waals surface area contributed by atoms with E-state index in [4.69, 9.17) is 0 Å². The SMILES string of the molecule is CC(C)c1ccc(/C=C/c2ccccc2)cc1O. The predicted octanol–water partition coefficient (Wildman–Crippen LogP) is 4.69. The van der Waals surface area contributed by atoms with E-state index in [9.17, 15) is 5.11 Å². The minimum Gasteiger partial charge on any atom is -0.508 e. The van der Waals surface area contributed by atoms with Crippen molar-refractivity contribution >= 4 is 12.2 Å². The first-order valence-corrected chi connectivity index (χ1v) is 6.23. The average Bonchev–Trinajstić information content (AvgIpc) is 2.37. The first-order valence-electron chi connectivity index (χ1n) is 6.23. The number of rotatable bonds is 3. The molecule has 92 valence electrons. The smallest absolute Gasteiger partial charge is 0.119 e. The van der Waals surface area contributed by atoms with Crippen LogP contribution in [0.1, 0.15) is 36.5 Å². The largest absolute Gasteiger partial charge is 0.508 e. The van der Waals surface area contributed by atoms with E-state index in [2.05, 4.69) is 26.0 Å². The minimum atomic E-state index is 0.345. The Morgan fingerprint density at radius 3 is 2.17 bits per heavy atom. The molecule has 0 amide bonds. The fourth-order valence-corrected chi connectivity index (χ4v) is 1.91. The lowest BCUT2D eigenvalue weighted by Crippen LogP contribution is -1.88. The van der Waals surface area contributed by atoms with Crippen LogP contribution in [0.4, 0.5) is 0 Å². The second kappa shape index (κ2) is 5.54. The number of aromatic hydroxyl groups is 1. The van der Waals surface area contributed by atoms with Crippen molar-refractivity contribution in [3.63, 3.8) is 0 Å². The van der Waals surface area contributed by atoms with Crippen LogP contribution in [0, 0.1) is 0 Å². The molecule has 2 aromatic carbocycles. The zero-order valence-corrected chi connectivity index (χ0v) is 10.8. The van der Waals surface area contributed by atoms with Gasteiger partial charge < -0.3 is 5.11 Å². The normalized spacial score (nSPS) is 11.3. The van der Waals surface area contributed by atoms with Gasteiger partial charge in [0.1, 0.15) is 5.75 Å². The molecule has 0 spiro atoms. The van der Waals surface area contributed by atoms with Crippen LogP contribution in [0.25, 0.3) is 12.2 Å². The summed E-state index contributed by atoms with van der Waals surface area (Å²) in [5.41, 5.74) is 3.16. The van der Waals surface area contributed by atoms with Gasteiger partial charge in [0.25, 0.3) is 0 Å². The van der Waals surface area contributed by atoms with E-state index < -0.39 is 0 Å². The summed E-state index contributed by atoms with van der Waals surface area (Å²) >= 11 is 0. The number of hydrogen-bond donors (Lipinski definition) is 1. The molecule has 0 heterocycles. The van der Waals surface area contributed by atoms with Gasteiger partial charge >= 0.3 is 0 Å². The summed E-state index contributed by atoms with van der Waals surface area (Å²) in [5.74, 6) is 0.720. The van der Waals surface area contributed by atoms with Crippen LogP contribution >= 0.6 is 0 Å². The van der Waals surface area contributed by atoms with Crippen LogP contribution in [0.5, 0.6) is 5.75 Å². The Morgan fingerprint density at radius 1 is 0.889 bits per heavy atom. The molecule has 0 fully saturated rings. The van der Waals surface area contributed by atoms with Gasteiger partial charge in [-0.3, -0.25) is 0 Å². The van der Waals surface area contributed by atoms with E-state index in [-0.39, 0.29) is 0 Å². The molecule has 0 aliphatic rings. The number of phenolic OH excluding ortho intramolecular Hbond substituents is 1. The molecule has 0 saturated heterocycles. The van der Waals surface area contributed by atoms with Crippen LogP contribution in [0.3, 0.4) is 0 Å². The summed E-state index contributed by atoms with van der Waals surface area (Å²) in [4.78, 5) is 0. The maximum absolute atomic E-state index is 9.93. The zero-order chi connectivity index (χ0) is 13.0. The highest BCUT2D eigenvalue weighted by Gasteiger charge is 2.04. The van der Waals surface area contributed by atoms with Crippen molar-refractivity contribution < 1.29 is 5.11 Å². The Morgan fingerprint density at radius 2 is 1.56 bits per heavy atom. The van der Waals surface area contributed by atoms with Gasteiger partial charge in [-0.05, 0) is 28.7 Å². The molecule has 1 nitrogen and oxygen atoms in total. The molecule has 0 saturated carbocycles. The monoisotopic (exact) mass is 238 g/mol. The molecule has 0 aliphatic heterocycles. The Balaban J connectivity index is 2.21. The van der Waals surface area contributed by atoms with Crippen LogP contribution in [-0.2, 0) is 0 Å². The van der Waals surface area contributed by atoms with Gasteiger partial charge in [-0.2, -0.15) is 0 Å². The maximum atomic E-state index is 9.93. The van der Waals surface area contributed by atoms with Crippen molar-refractivity contribution in [3.8, 4) is 5.75 Å². The standard InChI is InChI=1S/C17H18O/c1-13(2)16-11-10-15(12-17(16)18)9-8-14-6-4-3-5-7-14/h3-13,18H,1-2H3/b9-8+. The lowest BCUT2D eigenvalue weighted by atomic mass is 10.00. The van der Waals surface area contributed by atoms with Gasteiger partial charge in [0.05, 0.1) is 0 Å². The molecule has 0 aromatic heterocycles. The molecule has 0 atom stereocenters. The molecule has 1 N–H and O–H groups in total. The summed E-state index contributed by atoms with van der Waals surface area (Å²) in [5, 5.41) is 9.93. The highest BCUT2D eigenvalue weighted by Crippen LogP contribution is 2.26. The number of benzene rings is 2. The Kier molecular flexibility index (Phi) is 3.83. The fourth-order valence-electron chi connectivity index (χ4n) is 1.91. The molecule has 1 heteroatoms. The van der Waals surface area contributed by atoms with Gasteiger partial charge in [-0.25, -0.2) is 0 Å². The Hall–Kier alpha value is -2.02. The van der Waals surface area contributed by atoms with E-state index in [1.807, 2.05) is 48.6 Å². The van der Waals surface area contributed by atoms with E-state index in [1.165, 1.54) is 0 Å². The first kappa shape index (κ1) is 12.4. The molecule has 0 bridgehead atoms. The summed E-state index contributed by atoms with van der Waals surface area (Å²) < 4.78 is 0. The van der Waals surface area contributed by atoms with Gasteiger partial charge in [-0.15, -0.1) is 0 Å². The predicted molar refractivity (Wildman–Crippen MR) is 77.6 cm³/mol. The van der Waals surface area contributed by atoms with Crippen LogP contribution in [-0.4, -0.2) is 5.11 Å². The maximum Gasteiger partial charge on any atom is 0.119 e. The lowest BCUT2D eigenvalue weighted by molar-refractivity contribution is 0.465. The highest BCUT2D eigenvalue weighted by atomic mass is 16.3. The summed E-state index contributed by atoms with van der Waals surface area (Å²) in [7, 11) is 0. The second-order valence-electron chi connectivity index (χ2n) is 4.72. The van der Waals surface area contributed by atoms with Crippen LogP contribution in [0.15, 0.2) is 48.5 Å². The lowest BCUT2D eigenvalue weighted by Gasteiger charge is -2.08. The number of phenols is 1. The molecular weight excluding hydrogens is 220 g/mol. The zero-order valence-electron chi connectivity index (χ0n) is 10.8. The summed E-state index contributed by atoms with van der Waals surface area (Å²) in [6.07, 6.45) is 4.06. The van der Waals surface area contributed by atoms with Gasteiger partial charge in [0.15, 0.2) is 0 Å². The third kappa shape index (κ3) is 3.01. The van der Waals surface area contributed by atoms with E-state index in [0.717, 1.165) is 16.7 Å². The molecule has 0 aliphatic carbocycles. The van der Waals surface area contributed by atoms with E-state index in [1.54, 1.807) is 0 Å².